The molecule has 2 atom stereocenters. The van der Waals surface area contributed by atoms with E-state index in [-0.39, 0.29) is 48.6 Å². The average Bonchev–Trinajstić information content (AvgIpc) is 2.71. The van der Waals surface area contributed by atoms with Gasteiger partial charge in [-0.15, -0.1) is 24.0 Å². The van der Waals surface area contributed by atoms with Gasteiger partial charge in [0.25, 0.3) is 0 Å². The first-order valence-corrected chi connectivity index (χ1v) is 9.76. The van der Waals surface area contributed by atoms with Crippen LogP contribution in [-0.4, -0.2) is 56.3 Å². The van der Waals surface area contributed by atoms with Crippen molar-refractivity contribution >= 4 is 29.9 Å². The fraction of sp³-hybridized carbons (Fsp3) is 0.409. The van der Waals surface area contributed by atoms with Gasteiger partial charge in [-0.2, -0.15) is 0 Å². The van der Waals surface area contributed by atoms with Gasteiger partial charge in [0, 0.05) is 24.6 Å². The molecule has 5 nitrogen and oxygen atoms in total. The van der Waals surface area contributed by atoms with E-state index in [0.29, 0.717) is 19.0 Å². The van der Waals surface area contributed by atoms with Gasteiger partial charge in [0.2, 0.25) is 0 Å². The summed E-state index contributed by atoms with van der Waals surface area (Å²) in [6.07, 6.45) is 0. The predicted molar refractivity (Wildman–Crippen MR) is 128 cm³/mol. The number of hydrogen-bond donors (Lipinski definition) is 3. The zero-order valence-corrected chi connectivity index (χ0v) is 19.9. The summed E-state index contributed by atoms with van der Waals surface area (Å²) in [6, 6.07) is 13.1. The zero-order valence-electron chi connectivity index (χ0n) is 17.6. The van der Waals surface area contributed by atoms with E-state index in [1.54, 1.807) is 19.0 Å². The lowest BCUT2D eigenvalue weighted by Gasteiger charge is -2.26. The number of aliphatic hydroxyl groups is 1. The minimum atomic E-state index is -0.572. The molecule has 0 saturated heterocycles. The lowest BCUT2D eigenvalue weighted by atomic mass is 10.0. The zero-order chi connectivity index (χ0) is 21.2. The van der Waals surface area contributed by atoms with Crippen LogP contribution in [0.25, 0.3) is 0 Å². The Balaban J connectivity index is 0.00000450. The number of likely N-dealkylation sites (N-methyl/N-ethyl adjacent to an activating group) is 1. The molecule has 0 heterocycles. The van der Waals surface area contributed by atoms with Crippen LogP contribution in [0, 0.1) is 11.6 Å². The van der Waals surface area contributed by atoms with Gasteiger partial charge in [-0.05, 0) is 38.7 Å². The van der Waals surface area contributed by atoms with E-state index in [9.17, 15) is 13.9 Å². The van der Waals surface area contributed by atoms with E-state index < -0.39 is 17.7 Å². The fourth-order valence-electron chi connectivity index (χ4n) is 3.10. The molecule has 30 heavy (non-hydrogen) atoms. The summed E-state index contributed by atoms with van der Waals surface area (Å²) in [7, 11) is 3.55. The Kier molecular flexibility index (Phi) is 11.8. The summed E-state index contributed by atoms with van der Waals surface area (Å²) < 4.78 is 28.5. The van der Waals surface area contributed by atoms with E-state index in [2.05, 4.69) is 15.6 Å². The Bertz CT molecular complexity index is 770. The van der Waals surface area contributed by atoms with Crippen LogP contribution in [0.5, 0.6) is 0 Å². The number of nitrogens with zero attached hydrogens (tertiary/aromatic N) is 2. The summed E-state index contributed by atoms with van der Waals surface area (Å²) in [6.45, 7) is 3.22. The third kappa shape index (κ3) is 7.48. The molecule has 2 aromatic carbocycles. The van der Waals surface area contributed by atoms with Gasteiger partial charge < -0.3 is 20.6 Å². The standard InChI is InChI=1S/C22H30F2N4O.HI/c1-4-25-22(26-13-17(15-29)16-9-6-5-7-10-16)27-14-20(28(2)3)21-18(23)11-8-12-19(21)24;/h5-12,17,20,29H,4,13-15H2,1-3H3,(H2,25,26,27);1H. The molecule has 2 aromatic rings. The van der Waals surface area contributed by atoms with Gasteiger partial charge in [0.15, 0.2) is 5.96 Å². The number of halogens is 3. The van der Waals surface area contributed by atoms with Gasteiger partial charge in [-0.3, -0.25) is 4.99 Å². The highest BCUT2D eigenvalue weighted by atomic mass is 127. The van der Waals surface area contributed by atoms with Crippen molar-refractivity contribution in [1.82, 2.24) is 15.5 Å². The van der Waals surface area contributed by atoms with Crippen LogP contribution >= 0.6 is 24.0 Å². The van der Waals surface area contributed by atoms with Gasteiger partial charge in [0.1, 0.15) is 11.6 Å². The number of hydrogen-bond acceptors (Lipinski definition) is 3. The summed E-state index contributed by atoms with van der Waals surface area (Å²) in [5.74, 6) is -0.737. The molecule has 0 aliphatic carbocycles. The molecular weight excluding hydrogens is 501 g/mol. The van der Waals surface area contributed by atoms with Gasteiger partial charge in [0.05, 0.1) is 19.2 Å². The molecule has 0 radical (unpaired) electrons. The third-order valence-corrected chi connectivity index (χ3v) is 4.72. The molecule has 0 amide bonds. The summed E-state index contributed by atoms with van der Waals surface area (Å²) in [4.78, 5) is 6.32. The Hall–Kier alpha value is -1.78. The first kappa shape index (κ1) is 26.3. The van der Waals surface area contributed by atoms with Crippen LogP contribution in [0.4, 0.5) is 8.78 Å². The van der Waals surface area contributed by atoms with Gasteiger partial charge >= 0.3 is 0 Å². The van der Waals surface area contributed by atoms with E-state index >= 15 is 0 Å². The van der Waals surface area contributed by atoms with Crippen molar-refractivity contribution in [3.05, 3.63) is 71.3 Å². The summed E-state index contributed by atoms with van der Waals surface area (Å²) >= 11 is 0. The van der Waals surface area contributed by atoms with Crippen LogP contribution in [0.2, 0.25) is 0 Å². The second kappa shape index (κ2) is 13.5. The quantitative estimate of drug-likeness (QED) is 0.263. The van der Waals surface area contributed by atoms with Crippen molar-refractivity contribution in [2.45, 2.75) is 18.9 Å². The minimum Gasteiger partial charge on any atom is -0.396 e. The summed E-state index contributed by atoms with van der Waals surface area (Å²) in [5, 5.41) is 16.0. The third-order valence-electron chi connectivity index (χ3n) is 4.72. The molecule has 2 unspecified atom stereocenters. The van der Waals surface area contributed by atoms with E-state index in [0.717, 1.165) is 5.56 Å². The smallest absolute Gasteiger partial charge is 0.191 e. The number of aliphatic hydroxyl groups excluding tert-OH is 1. The molecule has 0 saturated carbocycles. The highest BCUT2D eigenvalue weighted by Gasteiger charge is 2.22. The highest BCUT2D eigenvalue weighted by Crippen LogP contribution is 2.24. The minimum absolute atomic E-state index is 0. The lowest BCUT2D eigenvalue weighted by molar-refractivity contribution is 0.267. The fourth-order valence-corrected chi connectivity index (χ4v) is 3.10. The van der Waals surface area contributed by atoms with Crippen LogP contribution in [0.1, 0.15) is 30.0 Å². The molecule has 0 aliphatic heterocycles. The van der Waals surface area contributed by atoms with Crippen molar-refractivity contribution < 1.29 is 13.9 Å². The maximum absolute atomic E-state index is 14.3. The predicted octanol–water partition coefficient (Wildman–Crippen LogP) is 3.52. The Morgan fingerprint density at radius 3 is 2.20 bits per heavy atom. The van der Waals surface area contributed by atoms with Crippen molar-refractivity contribution in [1.29, 1.82) is 0 Å². The molecule has 0 aromatic heterocycles. The molecule has 3 N–H and O–H groups in total. The Labute approximate surface area is 194 Å². The molecule has 0 fully saturated rings. The Morgan fingerprint density at radius 1 is 1.03 bits per heavy atom. The summed E-state index contributed by atoms with van der Waals surface area (Å²) in [5.41, 5.74) is 1.03. The normalized spacial score (nSPS) is 13.5. The number of nitrogens with one attached hydrogen (secondary N) is 2. The first-order chi connectivity index (χ1) is 14.0. The monoisotopic (exact) mass is 532 g/mol. The number of aliphatic imine (C=N–C) groups is 1. The molecule has 8 heteroatoms. The number of rotatable bonds is 9. The molecule has 2 rings (SSSR count). The van der Waals surface area contributed by atoms with Crippen molar-refractivity contribution in [3.63, 3.8) is 0 Å². The van der Waals surface area contributed by atoms with Crippen molar-refractivity contribution in [3.8, 4) is 0 Å². The highest BCUT2D eigenvalue weighted by molar-refractivity contribution is 14.0. The van der Waals surface area contributed by atoms with E-state index in [1.165, 1.54) is 18.2 Å². The number of guanidine groups is 1. The Morgan fingerprint density at radius 2 is 1.67 bits per heavy atom. The van der Waals surface area contributed by atoms with E-state index in [1.807, 2.05) is 37.3 Å². The molecular formula is C22H31F2IN4O. The van der Waals surface area contributed by atoms with Crippen molar-refractivity contribution in [2.75, 3.05) is 40.3 Å². The van der Waals surface area contributed by atoms with Crippen LogP contribution in [0.15, 0.2) is 53.5 Å². The SMILES string of the molecule is CCNC(=NCC(CO)c1ccccc1)NCC(c1c(F)cccc1F)N(C)C.I. The van der Waals surface area contributed by atoms with Crippen LogP contribution < -0.4 is 10.6 Å². The molecule has 0 bridgehead atoms. The van der Waals surface area contributed by atoms with Crippen LogP contribution in [-0.2, 0) is 0 Å². The maximum atomic E-state index is 14.3. The number of benzene rings is 2. The lowest BCUT2D eigenvalue weighted by Crippen LogP contribution is -2.42. The molecule has 0 spiro atoms. The second-order valence-corrected chi connectivity index (χ2v) is 7.01. The van der Waals surface area contributed by atoms with Gasteiger partial charge in [-0.1, -0.05) is 36.4 Å². The van der Waals surface area contributed by atoms with Gasteiger partial charge in [-0.25, -0.2) is 8.78 Å². The topological polar surface area (TPSA) is 59.9 Å². The van der Waals surface area contributed by atoms with Crippen LogP contribution in [0.3, 0.4) is 0 Å². The molecule has 0 aliphatic rings. The second-order valence-electron chi connectivity index (χ2n) is 7.01. The maximum Gasteiger partial charge on any atom is 0.191 e. The average molecular weight is 532 g/mol. The van der Waals surface area contributed by atoms with Crippen molar-refractivity contribution in [2.24, 2.45) is 4.99 Å². The molecule has 166 valence electrons. The van der Waals surface area contributed by atoms with E-state index in [4.69, 9.17) is 0 Å². The largest absolute Gasteiger partial charge is 0.396 e. The first-order valence-electron chi connectivity index (χ1n) is 9.76.